The molecule has 0 aliphatic carbocycles. The van der Waals surface area contributed by atoms with Crippen LogP contribution in [0.1, 0.15) is 26.3 Å². The van der Waals surface area contributed by atoms with Crippen LogP contribution in [0.4, 0.5) is 15.8 Å². The van der Waals surface area contributed by atoms with Crippen molar-refractivity contribution in [2.75, 3.05) is 11.6 Å². The van der Waals surface area contributed by atoms with Crippen LogP contribution in [0, 0.1) is 12.7 Å². The lowest BCUT2D eigenvalue weighted by atomic mass is 9.93. The van der Waals surface area contributed by atoms with Gasteiger partial charge in [-0.15, -0.1) is 0 Å². The molecule has 0 bridgehead atoms. The predicted molar refractivity (Wildman–Crippen MR) is 113 cm³/mol. The summed E-state index contributed by atoms with van der Waals surface area (Å²) >= 11 is 0. The Kier molecular flexibility index (Phi) is 5.81. The number of carbonyl (C=O) groups is 2. The number of rotatable bonds is 6. The minimum absolute atomic E-state index is 0.0385. The third kappa shape index (κ3) is 4.72. The summed E-state index contributed by atoms with van der Waals surface area (Å²) in [5.41, 5.74) is 1.08. The van der Waals surface area contributed by atoms with Crippen molar-refractivity contribution >= 4 is 33.2 Å². The lowest BCUT2D eigenvalue weighted by Crippen LogP contribution is -2.08. The first-order valence-corrected chi connectivity index (χ1v) is 10.8. The molecule has 0 aliphatic rings. The molecule has 31 heavy (non-hydrogen) atoms. The SMILES string of the molecule is Cc1cc(-c2cc(S(C)(=O)=O)ccc2Nc2ccc(F)cc2)c(C(=O)O)cc1C(=O)O. The molecule has 3 rings (SSSR count). The summed E-state index contributed by atoms with van der Waals surface area (Å²) in [6.07, 6.45) is 1.02. The van der Waals surface area contributed by atoms with Gasteiger partial charge in [-0.05, 0) is 72.6 Å². The number of hydrogen-bond acceptors (Lipinski definition) is 5. The van der Waals surface area contributed by atoms with E-state index in [1.165, 1.54) is 55.5 Å². The number of aryl methyl sites for hydroxylation is 1. The van der Waals surface area contributed by atoms with Crippen molar-refractivity contribution in [1.82, 2.24) is 0 Å². The first kappa shape index (κ1) is 22.0. The van der Waals surface area contributed by atoms with E-state index in [9.17, 15) is 32.6 Å². The van der Waals surface area contributed by atoms with Crippen molar-refractivity contribution in [1.29, 1.82) is 0 Å². The Morgan fingerprint density at radius 1 is 0.871 bits per heavy atom. The van der Waals surface area contributed by atoms with E-state index in [4.69, 9.17) is 0 Å². The lowest BCUT2D eigenvalue weighted by molar-refractivity contribution is 0.0695. The van der Waals surface area contributed by atoms with Gasteiger partial charge in [0.1, 0.15) is 5.82 Å². The van der Waals surface area contributed by atoms with Gasteiger partial charge >= 0.3 is 11.9 Å². The van der Waals surface area contributed by atoms with Crippen LogP contribution in [0.15, 0.2) is 59.5 Å². The van der Waals surface area contributed by atoms with Gasteiger partial charge in [-0.2, -0.15) is 0 Å². The van der Waals surface area contributed by atoms with Crippen LogP contribution in [0.2, 0.25) is 0 Å². The van der Waals surface area contributed by atoms with Gasteiger partial charge in [0, 0.05) is 23.2 Å². The van der Waals surface area contributed by atoms with E-state index in [2.05, 4.69) is 5.32 Å². The zero-order valence-electron chi connectivity index (χ0n) is 16.5. The number of nitrogens with one attached hydrogen (secondary N) is 1. The molecule has 0 amide bonds. The van der Waals surface area contributed by atoms with Crippen molar-refractivity contribution in [3.8, 4) is 11.1 Å². The van der Waals surface area contributed by atoms with Crippen LogP contribution in [0.5, 0.6) is 0 Å². The largest absolute Gasteiger partial charge is 0.478 e. The van der Waals surface area contributed by atoms with Crippen LogP contribution >= 0.6 is 0 Å². The molecule has 9 heteroatoms. The molecular formula is C22H18FNO6S. The Morgan fingerprint density at radius 2 is 1.48 bits per heavy atom. The molecular weight excluding hydrogens is 425 g/mol. The number of aromatic carboxylic acids is 2. The second kappa shape index (κ2) is 8.19. The zero-order valence-corrected chi connectivity index (χ0v) is 17.3. The lowest BCUT2D eigenvalue weighted by Gasteiger charge is -2.17. The number of anilines is 2. The molecule has 0 saturated heterocycles. The molecule has 0 saturated carbocycles. The predicted octanol–water partition coefficient (Wildman–Crippen LogP) is 4.34. The van der Waals surface area contributed by atoms with Gasteiger partial charge < -0.3 is 15.5 Å². The highest BCUT2D eigenvalue weighted by Crippen LogP contribution is 2.36. The van der Waals surface area contributed by atoms with Gasteiger partial charge in [0.15, 0.2) is 9.84 Å². The Bertz CT molecular complexity index is 1300. The van der Waals surface area contributed by atoms with Crippen LogP contribution in [-0.4, -0.2) is 36.8 Å². The average molecular weight is 443 g/mol. The van der Waals surface area contributed by atoms with Gasteiger partial charge in [0.25, 0.3) is 0 Å². The Hall–Kier alpha value is -3.72. The summed E-state index contributed by atoms with van der Waals surface area (Å²) in [5, 5.41) is 22.1. The highest BCUT2D eigenvalue weighted by molar-refractivity contribution is 7.90. The van der Waals surface area contributed by atoms with Crippen molar-refractivity contribution in [3.05, 3.63) is 77.1 Å². The first-order chi connectivity index (χ1) is 14.5. The summed E-state index contributed by atoms with van der Waals surface area (Å²) in [6.45, 7) is 1.52. The topological polar surface area (TPSA) is 121 Å². The highest BCUT2D eigenvalue weighted by Gasteiger charge is 2.21. The zero-order chi connectivity index (χ0) is 22.9. The maximum Gasteiger partial charge on any atom is 0.336 e. The third-order valence-corrected chi connectivity index (χ3v) is 5.77. The smallest absolute Gasteiger partial charge is 0.336 e. The van der Waals surface area contributed by atoms with E-state index in [1.54, 1.807) is 0 Å². The fourth-order valence-electron chi connectivity index (χ4n) is 3.11. The molecule has 7 nitrogen and oxygen atoms in total. The van der Waals surface area contributed by atoms with Crippen LogP contribution in [-0.2, 0) is 9.84 Å². The van der Waals surface area contributed by atoms with Crippen LogP contribution in [0.25, 0.3) is 11.1 Å². The van der Waals surface area contributed by atoms with E-state index in [0.29, 0.717) is 16.9 Å². The molecule has 3 N–H and O–H groups in total. The minimum atomic E-state index is -3.61. The van der Waals surface area contributed by atoms with E-state index in [0.717, 1.165) is 12.3 Å². The molecule has 0 atom stereocenters. The van der Waals surface area contributed by atoms with Crippen molar-refractivity contribution < 1.29 is 32.6 Å². The number of halogens is 1. The second-order valence-corrected chi connectivity index (χ2v) is 8.95. The number of carboxylic acids is 2. The molecule has 3 aromatic carbocycles. The maximum absolute atomic E-state index is 13.2. The van der Waals surface area contributed by atoms with Gasteiger partial charge in [0.2, 0.25) is 0 Å². The van der Waals surface area contributed by atoms with E-state index >= 15 is 0 Å². The molecule has 0 fully saturated rings. The molecule has 0 aliphatic heterocycles. The molecule has 160 valence electrons. The van der Waals surface area contributed by atoms with Gasteiger partial charge in [0.05, 0.1) is 16.0 Å². The standard InChI is InChI=1S/C22H18FNO6S/c1-12-9-17(19(22(27)28)11-16(12)21(25)26)18-10-15(31(2,29)30)7-8-20(18)24-14-5-3-13(23)4-6-14/h3-11,24H,1-2H3,(H,25,26)(H,27,28). The fraction of sp³-hybridized carbons (Fsp3) is 0.0909. The van der Waals surface area contributed by atoms with Gasteiger partial charge in [-0.25, -0.2) is 22.4 Å². The van der Waals surface area contributed by atoms with Crippen LogP contribution < -0.4 is 5.32 Å². The number of hydrogen-bond donors (Lipinski definition) is 3. The normalized spacial score (nSPS) is 11.2. The molecule has 0 spiro atoms. The van der Waals surface area contributed by atoms with Gasteiger partial charge in [-0.1, -0.05) is 0 Å². The summed E-state index contributed by atoms with van der Waals surface area (Å²) in [7, 11) is -3.61. The Labute approximate surface area is 177 Å². The van der Waals surface area contributed by atoms with E-state index in [1.807, 2.05) is 0 Å². The van der Waals surface area contributed by atoms with Gasteiger partial charge in [-0.3, -0.25) is 0 Å². The molecule has 0 heterocycles. The number of carboxylic acid groups (broad SMARTS) is 2. The van der Waals surface area contributed by atoms with Crippen molar-refractivity contribution in [3.63, 3.8) is 0 Å². The minimum Gasteiger partial charge on any atom is -0.478 e. The number of benzene rings is 3. The summed E-state index contributed by atoms with van der Waals surface area (Å²) < 4.78 is 37.4. The monoisotopic (exact) mass is 443 g/mol. The summed E-state index contributed by atoms with van der Waals surface area (Å²) in [5.74, 6) is -3.08. The Balaban J connectivity index is 2.29. The number of sulfone groups is 1. The Morgan fingerprint density at radius 3 is 2.03 bits per heavy atom. The molecule has 0 aromatic heterocycles. The van der Waals surface area contributed by atoms with E-state index < -0.39 is 27.6 Å². The molecule has 0 unspecified atom stereocenters. The fourth-order valence-corrected chi connectivity index (χ4v) is 3.76. The quantitative estimate of drug-likeness (QED) is 0.518. The van der Waals surface area contributed by atoms with Crippen molar-refractivity contribution in [2.24, 2.45) is 0 Å². The van der Waals surface area contributed by atoms with Crippen LogP contribution in [0.3, 0.4) is 0 Å². The third-order valence-electron chi connectivity index (χ3n) is 4.66. The molecule has 0 radical (unpaired) electrons. The maximum atomic E-state index is 13.2. The van der Waals surface area contributed by atoms with E-state index in [-0.39, 0.29) is 27.1 Å². The van der Waals surface area contributed by atoms with Crippen molar-refractivity contribution in [2.45, 2.75) is 11.8 Å². The first-order valence-electron chi connectivity index (χ1n) is 8.95. The summed E-state index contributed by atoms with van der Waals surface area (Å²) in [6, 6.07) is 12.0. The highest BCUT2D eigenvalue weighted by atomic mass is 32.2. The molecule has 3 aromatic rings. The average Bonchev–Trinajstić information content (AvgIpc) is 2.68. The second-order valence-electron chi connectivity index (χ2n) is 6.93. The summed E-state index contributed by atoms with van der Waals surface area (Å²) in [4.78, 5) is 23.3.